The van der Waals surface area contributed by atoms with Gasteiger partial charge < -0.3 is 16.0 Å². The molecule has 7 heteroatoms. The van der Waals surface area contributed by atoms with Crippen LogP contribution in [0.5, 0.6) is 0 Å². The normalized spacial score (nSPS) is 21.1. The minimum absolute atomic E-state index is 0.253. The van der Waals surface area contributed by atoms with Crippen molar-refractivity contribution < 1.29 is 4.79 Å². The Bertz CT molecular complexity index is 959. The zero-order valence-electron chi connectivity index (χ0n) is 18.0. The average Bonchev–Trinajstić information content (AvgIpc) is 2.71. The van der Waals surface area contributed by atoms with Gasteiger partial charge >= 0.3 is 0 Å². The van der Waals surface area contributed by atoms with E-state index in [1.54, 1.807) is 6.20 Å². The Balaban J connectivity index is 1.55. The van der Waals surface area contributed by atoms with Gasteiger partial charge in [-0.05, 0) is 61.3 Å². The van der Waals surface area contributed by atoms with E-state index in [-0.39, 0.29) is 5.91 Å². The third-order valence-electron chi connectivity index (χ3n) is 6.33. The molecule has 0 saturated heterocycles. The lowest BCUT2D eigenvalue weighted by Crippen LogP contribution is -2.27. The van der Waals surface area contributed by atoms with Crippen LogP contribution in [0.25, 0.3) is 0 Å². The summed E-state index contributed by atoms with van der Waals surface area (Å²) in [6.07, 6.45) is 11.3. The fourth-order valence-electron chi connectivity index (χ4n) is 4.35. The van der Waals surface area contributed by atoms with Gasteiger partial charge in [0.1, 0.15) is 5.02 Å². The van der Waals surface area contributed by atoms with Crippen molar-refractivity contribution in [1.29, 1.82) is 0 Å². The Labute approximate surface area is 188 Å². The number of carbonyl (C=O) groups excluding carboxylic acids is 1. The number of anilines is 4. The summed E-state index contributed by atoms with van der Waals surface area (Å²) in [5.74, 6) is 2.09. The summed E-state index contributed by atoms with van der Waals surface area (Å²) in [7, 11) is 0. The third-order valence-corrected chi connectivity index (χ3v) is 6.61. The summed E-state index contributed by atoms with van der Waals surface area (Å²) in [6, 6.07) is 6.49. The minimum atomic E-state index is -0.253. The van der Waals surface area contributed by atoms with Crippen molar-refractivity contribution in [1.82, 2.24) is 9.97 Å². The minimum Gasteiger partial charge on any atom is -0.351 e. The predicted molar refractivity (Wildman–Crippen MR) is 127 cm³/mol. The molecule has 2 fully saturated rings. The molecule has 3 N–H and O–H groups in total. The molecular weight excluding hydrogens is 410 g/mol. The number of hydrogen-bond acceptors (Lipinski definition) is 5. The molecule has 4 rings (SSSR count). The standard InChI is InChI=1S/C24H30ClN5O/c1-3-22(31)28-21-13-17(16-7-5-8-16)10-11-20(21)29-23-19(25)14-26-24(30-23)27-18-9-4-6-15(2)12-18/h3,10-11,13-16,18H,1,4-9,12H2,2H3,(H,28,31)(H2,26,27,29,30)/t15-,18+/m1/s1. The molecule has 2 aromatic rings. The molecule has 164 valence electrons. The fourth-order valence-corrected chi connectivity index (χ4v) is 4.49. The van der Waals surface area contributed by atoms with Crippen molar-refractivity contribution in [3.05, 3.63) is 47.6 Å². The second-order valence-corrected chi connectivity index (χ2v) is 9.16. The van der Waals surface area contributed by atoms with E-state index in [4.69, 9.17) is 11.6 Å². The Morgan fingerprint density at radius 2 is 2.00 bits per heavy atom. The number of hydrogen-bond donors (Lipinski definition) is 3. The third kappa shape index (κ3) is 5.37. The van der Waals surface area contributed by atoms with Crippen molar-refractivity contribution >= 4 is 40.6 Å². The van der Waals surface area contributed by atoms with Crippen LogP contribution in [0.1, 0.15) is 63.4 Å². The molecule has 6 nitrogen and oxygen atoms in total. The number of halogens is 1. The predicted octanol–water partition coefficient (Wildman–Crippen LogP) is 6.26. The largest absolute Gasteiger partial charge is 0.351 e. The van der Waals surface area contributed by atoms with Crippen molar-refractivity contribution in [3.8, 4) is 0 Å². The van der Waals surface area contributed by atoms with Crippen LogP contribution in [0.4, 0.5) is 23.1 Å². The molecule has 0 spiro atoms. The second kappa shape index (κ2) is 9.69. The zero-order chi connectivity index (χ0) is 21.8. The second-order valence-electron chi connectivity index (χ2n) is 8.75. The summed E-state index contributed by atoms with van der Waals surface area (Å²) in [6.45, 7) is 5.85. The maximum atomic E-state index is 12.0. The molecule has 31 heavy (non-hydrogen) atoms. The van der Waals surface area contributed by atoms with E-state index in [2.05, 4.69) is 45.5 Å². The Morgan fingerprint density at radius 3 is 2.71 bits per heavy atom. The summed E-state index contributed by atoms with van der Waals surface area (Å²) in [5.41, 5.74) is 2.66. The van der Waals surface area contributed by atoms with E-state index in [1.807, 2.05) is 12.1 Å². The van der Waals surface area contributed by atoms with E-state index in [0.717, 1.165) is 18.5 Å². The summed E-state index contributed by atoms with van der Waals surface area (Å²) < 4.78 is 0. The van der Waals surface area contributed by atoms with Gasteiger partial charge in [-0.2, -0.15) is 4.98 Å². The molecule has 0 unspecified atom stereocenters. The molecule has 1 amide bonds. The Hall–Kier alpha value is -2.60. The Morgan fingerprint density at radius 1 is 1.19 bits per heavy atom. The lowest BCUT2D eigenvalue weighted by atomic mass is 9.80. The van der Waals surface area contributed by atoms with Gasteiger partial charge in [0.05, 0.1) is 17.6 Å². The molecule has 2 saturated carbocycles. The molecule has 2 atom stereocenters. The summed E-state index contributed by atoms with van der Waals surface area (Å²) in [5, 5.41) is 10.1. The first-order valence-corrected chi connectivity index (χ1v) is 11.5. The number of aromatic nitrogens is 2. The Kier molecular flexibility index (Phi) is 6.76. The van der Waals surface area contributed by atoms with Crippen LogP contribution in [0.2, 0.25) is 5.02 Å². The molecule has 1 heterocycles. The van der Waals surface area contributed by atoms with Crippen LogP contribution in [-0.4, -0.2) is 21.9 Å². The van der Waals surface area contributed by atoms with Crippen LogP contribution in [0.15, 0.2) is 37.1 Å². The first-order valence-electron chi connectivity index (χ1n) is 11.1. The SMILES string of the molecule is C=CC(=O)Nc1cc(C2CCC2)ccc1Nc1nc(N[C@H]2CCC[C@@H](C)C2)ncc1Cl. The lowest BCUT2D eigenvalue weighted by Gasteiger charge is -2.27. The quantitative estimate of drug-likeness (QED) is 0.444. The highest BCUT2D eigenvalue weighted by Gasteiger charge is 2.22. The maximum absolute atomic E-state index is 12.0. The highest BCUT2D eigenvalue weighted by molar-refractivity contribution is 6.33. The number of nitrogens with zero attached hydrogens (tertiary/aromatic N) is 2. The van der Waals surface area contributed by atoms with Gasteiger partial charge in [-0.25, -0.2) is 4.98 Å². The molecular formula is C24H30ClN5O. The summed E-state index contributed by atoms with van der Waals surface area (Å²) >= 11 is 6.39. The molecule has 0 aliphatic heterocycles. The van der Waals surface area contributed by atoms with E-state index >= 15 is 0 Å². The van der Waals surface area contributed by atoms with Crippen molar-refractivity contribution in [2.24, 2.45) is 5.92 Å². The molecule has 2 aliphatic rings. The van der Waals surface area contributed by atoms with Crippen molar-refractivity contribution in [3.63, 3.8) is 0 Å². The van der Waals surface area contributed by atoms with Gasteiger partial charge in [-0.1, -0.05) is 50.4 Å². The number of nitrogens with one attached hydrogen (secondary N) is 3. The van der Waals surface area contributed by atoms with Crippen LogP contribution in [0.3, 0.4) is 0 Å². The van der Waals surface area contributed by atoms with Crippen molar-refractivity contribution in [2.45, 2.75) is 63.8 Å². The van der Waals surface area contributed by atoms with Gasteiger partial charge in [-0.3, -0.25) is 4.79 Å². The lowest BCUT2D eigenvalue weighted by molar-refractivity contribution is -0.111. The monoisotopic (exact) mass is 439 g/mol. The van der Waals surface area contributed by atoms with Gasteiger partial charge in [0.15, 0.2) is 5.82 Å². The number of rotatable bonds is 7. The van der Waals surface area contributed by atoms with E-state index in [1.165, 1.54) is 43.7 Å². The summed E-state index contributed by atoms with van der Waals surface area (Å²) in [4.78, 5) is 21.0. The molecule has 1 aromatic heterocycles. The van der Waals surface area contributed by atoms with Crippen LogP contribution >= 0.6 is 11.6 Å². The van der Waals surface area contributed by atoms with E-state index < -0.39 is 0 Å². The number of benzene rings is 1. The number of amides is 1. The maximum Gasteiger partial charge on any atom is 0.247 e. The van der Waals surface area contributed by atoms with Crippen LogP contribution < -0.4 is 16.0 Å². The topological polar surface area (TPSA) is 78.9 Å². The molecule has 1 aromatic carbocycles. The molecule has 2 aliphatic carbocycles. The number of carbonyl (C=O) groups is 1. The molecule has 0 bridgehead atoms. The van der Waals surface area contributed by atoms with Crippen molar-refractivity contribution in [2.75, 3.05) is 16.0 Å². The first-order chi connectivity index (χ1) is 15.0. The smallest absolute Gasteiger partial charge is 0.247 e. The zero-order valence-corrected chi connectivity index (χ0v) is 18.7. The van der Waals surface area contributed by atoms with E-state index in [9.17, 15) is 4.79 Å². The van der Waals surface area contributed by atoms with Gasteiger partial charge in [0.2, 0.25) is 11.9 Å². The fraction of sp³-hybridized carbons (Fsp3) is 0.458. The van der Waals surface area contributed by atoms with Crippen LogP contribution in [-0.2, 0) is 4.79 Å². The van der Waals surface area contributed by atoms with Gasteiger partial charge in [-0.15, -0.1) is 0 Å². The molecule has 0 radical (unpaired) electrons. The average molecular weight is 440 g/mol. The highest BCUT2D eigenvalue weighted by atomic mass is 35.5. The van der Waals surface area contributed by atoms with E-state index in [0.29, 0.717) is 40.4 Å². The van der Waals surface area contributed by atoms with Gasteiger partial charge in [0.25, 0.3) is 0 Å². The first kappa shape index (κ1) is 21.6. The van der Waals surface area contributed by atoms with Gasteiger partial charge in [0, 0.05) is 6.04 Å². The highest BCUT2D eigenvalue weighted by Crippen LogP contribution is 2.39. The van der Waals surface area contributed by atoms with Crippen LogP contribution in [0, 0.1) is 5.92 Å².